The molecule has 90 valence electrons. The molecule has 1 aromatic heterocycles. The van der Waals surface area contributed by atoms with Gasteiger partial charge in [-0.15, -0.1) is 0 Å². The Bertz CT molecular complexity index is 436. The zero-order chi connectivity index (χ0) is 11.7. The zero-order valence-corrected chi connectivity index (χ0v) is 10.4. The van der Waals surface area contributed by atoms with E-state index in [4.69, 9.17) is 0 Å². The molecule has 0 aromatic carbocycles. The maximum absolute atomic E-state index is 4.31. The van der Waals surface area contributed by atoms with E-state index in [1.54, 1.807) is 0 Å². The molecular weight excluding hydrogens is 208 g/mol. The number of aryl methyl sites for hydroxylation is 1. The van der Waals surface area contributed by atoms with Gasteiger partial charge in [-0.2, -0.15) is 0 Å². The number of hydrogen-bond acceptors (Lipinski definition) is 2. The van der Waals surface area contributed by atoms with Crippen LogP contribution in [0.2, 0.25) is 0 Å². The van der Waals surface area contributed by atoms with Crippen molar-refractivity contribution in [3.63, 3.8) is 0 Å². The molecule has 2 atom stereocenters. The number of pyridine rings is 1. The fraction of sp³-hybridized carbons (Fsp3) is 0.533. The van der Waals surface area contributed by atoms with Crippen LogP contribution in [0, 0.1) is 18.8 Å². The first-order valence-electron chi connectivity index (χ1n) is 6.66. The SMILES string of the molecule is Cc1cncc(C2=C[C@@H]3CNCC[C@@H]3CC2)c1. The van der Waals surface area contributed by atoms with E-state index in [2.05, 4.69) is 29.4 Å². The first-order chi connectivity index (χ1) is 8.33. The molecule has 1 aromatic rings. The third-order valence-electron chi connectivity index (χ3n) is 4.12. The molecule has 2 aliphatic rings. The lowest BCUT2D eigenvalue weighted by atomic mass is 9.76. The fourth-order valence-corrected chi connectivity index (χ4v) is 3.14. The van der Waals surface area contributed by atoms with Crippen molar-refractivity contribution < 1.29 is 0 Å². The highest BCUT2D eigenvalue weighted by atomic mass is 14.9. The van der Waals surface area contributed by atoms with E-state index in [1.807, 2.05) is 12.4 Å². The summed E-state index contributed by atoms with van der Waals surface area (Å²) in [5, 5.41) is 3.51. The summed E-state index contributed by atoms with van der Waals surface area (Å²) < 4.78 is 0. The molecule has 0 saturated carbocycles. The minimum Gasteiger partial charge on any atom is -0.316 e. The number of fused-ring (bicyclic) bond motifs is 1. The van der Waals surface area contributed by atoms with Crippen LogP contribution in [0.25, 0.3) is 5.57 Å². The molecule has 2 heterocycles. The minimum absolute atomic E-state index is 0.744. The van der Waals surface area contributed by atoms with Gasteiger partial charge in [0.2, 0.25) is 0 Å². The predicted molar refractivity (Wildman–Crippen MR) is 70.7 cm³/mol. The van der Waals surface area contributed by atoms with Gasteiger partial charge in [-0.05, 0) is 67.3 Å². The molecule has 2 heteroatoms. The van der Waals surface area contributed by atoms with Crippen LogP contribution in [0.4, 0.5) is 0 Å². The first kappa shape index (κ1) is 11.0. The lowest BCUT2D eigenvalue weighted by Gasteiger charge is -2.34. The van der Waals surface area contributed by atoms with Crippen molar-refractivity contribution in [2.45, 2.75) is 26.2 Å². The molecule has 0 amide bonds. The second-order valence-corrected chi connectivity index (χ2v) is 5.40. The van der Waals surface area contributed by atoms with E-state index in [0.717, 1.165) is 18.4 Å². The number of nitrogens with one attached hydrogen (secondary N) is 1. The summed E-state index contributed by atoms with van der Waals surface area (Å²) in [6.45, 7) is 4.48. The zero-order valence-electron chi connectivity index (χ0n) is 10.4. The highest BCUT2D eigenvalue weighted by Gasteiger charge is 2.27. The van der Waals surface area contributed by atoms with Gasteiger partial charge in [0.25, 0.3) is 0 Å². The summed E-state index contributed by atoms with van der Waals surface area (Å²) >= 11 is 0. The first-order valence-corrected chi connectivity index (χ1v) is 6.66. The summed E-state index contributed by atoms with van der Waals surface area (Å²) in [6, 6.07) is 2.26. The van der Waals surface area contributed by atoms with Crippen LogP contribution in [0.5, 0.6) is 0 Å². The predicted octanol–water partition coefficient (Wildman–Crippen LogP) is 2.79. The molecule has 1 saturated heterocycles. The summed E-state index contributed by atoms with van der Waals surface area (Å²) in [6.07, 6.45) is 10.4. The van der Waals surface area contributed by atoms with Gasteiger partial charge in [0.05, 0.1) is 0 Å². The summed E-state index contributed by atoms with van der Waals surface area (Å²) in [5.41, 5.74) is 4.09. The maximum atomic E-state index is 4.31. The number of allylic oxidation sites excluding steroid dienone is 1. The lowest BCUT2D eigenvalue weighted by Crippen LogP contribution is -2.37. The second kappa shape index (κ2) is 4.61. The Kier molecular flexibility index (Phi) is 2.98. The van der Waals surface area contributed by atoms with E-state index >= 15 is 0 Å². The Hall–Kier alpha value is -1.15. The van der Waals surface area contributed by atoms with Crippen molar-refractivity contribution in [3.8, 4) is 0 Å². The average Bonchev–Trinajstić information content (AvgIpc) is 2.38. The van der Waals surface area contributed by atoms with E-state index in [-0.39, 0.29) is 0 Å². The van der Waals surface area contributed by atoms with E-state index in [0.29, 0.717) is 0 Å². The summed E-state index contributed by atoms with van der Waals surface area (Å²) in [4.78, 5) is 4.31. The topological polar surface area (TPSA) is 24.9 Å². The van der Waals surface area contributed by atoms with Gasteiger partial charge in [-0.3, -0.25) is 4.98 Å². The molecule has 0 spiro atoms. The Morgan fingerprint density at radius 2 is 2.24 bits per heavy atom. The molecule has 0 bridgehead atoms. The summed E-state index contributed by atoms with van der Waals surface area (Å²) in [7, 11) is 0. The fourth-order valence-electron chi connectivity index (χ4n) is 3.14. The van der Waals surface area contributed by atoms with Crippen molar-refractivity contribution in [2.24, 2.45) is 11.8 Å². The van der Waals surface area contributed by atoms with Gasteiger partial charge in [-0.25, -0.2) is 0 Å². The van der Waals surface area contributed by atoms with Crippen molar-refractivity contribution >= 4 is 5.57 Å². The van der Waals surface area contributed by atoms with E-state index in [1.165, 1.54) is 42.5 Å². The number of piperidine rings is 1. The van der Waals surface area contributed by atoms with Crippen molar-refractivity contribution in [2.75, 3.05) is 13.1 Å². The van der Waals surface area contributed by atoms with Crippen LogP contribution < -0.4 is 5.32 Å². The molecule has 0 unspecified atom stereocenters. The van der Waals surface area contributed by atoms with E-state index in [9.17, 15) is 0 Å². The molecule has 1 aliphatic heterocycles. The Morgan fingerprint density at radius 3 is 3.12 bits per heavy atom. The van der Waals surface area contributed by atoms with Crippen LogP contribution in [-0.2, 0) is 0 Å². The molecule has 1 N–H and O–H groups in total. The van der Waals surface area contributed by atoms with Crippen molar-refractivity contribution in [1.29, 1.82) is 0 Å². The summed E-state index contributed by atoms with van der Waals surface area (Å²) in [5.74, 6) is 1.66. The Morgan fingerprint density at radius 1 is 1.29 bits per heavy atom. The Balaban J connectivity index is 1.86. The van der Waals surface area contributed by atoms with Gasteiger partial charge in [-0.1, -0.05) is 6.08 Å². The smallest absolute Gasteiger partial charge is 0.0343 e. The van der Waals surface area contributed by atoms with Gasteiger partial charge in [0.1, 0.15) is 0 Å². The van der Waals surface area contributed by atoms with Crippen LogP contribution >= 0.6 is 0 Å². The molecule has 3 rings (SSSR count). The van der Waals surface area contributed by atoms with Crippen LogP contribution in [0.1, 0.15) is 30.4 Å². The van der Waals surface area contributed by atoms with Crippen LogP contribution in [0.15, 0.2) is 24.5 Å². The van der Waals surface area contributed by atoms with Gasteiger partial charge < -0.3 is 5.32 Å². The highest BCUT2D eigenvalue weighted by molar-refractivity contribution is 5.66. The monoisotopic (exact) mass is 228 g/mol. The highest BCUT2D eigenvalue weighted by Crippen LogP contribution is 2.36. The van der Waals surface area contributed by atoms with Gasteiger partial charge >= 0.3 is 0 Å². The number of rotatable bonds is 1. The standard InChI is InChI=1S/C15H20N2/c1-11-6-14(10-17-8-11)13-3-2-12-4-5-16-9-15(12)7-13/h6-8,10,12,15-16H,2-5,9H2,1H3/t12-,15+/m0/s1. The molecule has 1 aliphatic carbocycles. The third-order valence-corrected chi connectivity index (χ3v) is 4.12. The normalized spacial score (nSPS) is 28.4. The maximum Gasteiger partial charge on any atom is 0.0343 e. The number of aromatic nitrogens is 1. The van der Waals surface area contributed by atoms with E-state index < -0.39 is 0 Å². The molecular formula is C15H20N2. The molecule has 1 fully saturated rings. The molecule has 17 heavy (non-hydrogen) atoms. The third kappa shape index (κ3) is 2.27. The average molecular weight is 228 g/mol. The van der Waals surface area contributed by atoms with Crippen LogP contribution in [0.3, 0.4) is 0 Å². The molecule has 2 nitrogen and oxygen atoms in total. The minimum atomic E-state index is 0.744. The van der Waals surface area contributed by atoms with Crippen LogP contribution in [-0.4, -0.2) is 18.1 Å². The quantitative estimate of drug-likeness (QED) is 0.799. The lowest BCUT2D eigenvalue weighted by molar-refractivity contribution is 0.279. The van der Waals surface area contributed by atoms with Crippen molar-refractivity contribution in [3.05, 3.63) is 35.7 Å². The number of hydrogen-bond donors (Lipinski definition) is 1. The molecule has 0 radical (unpaired) electrons. The largest absolute Gasteiger partial charge is 0.316 e. The number of nitrogens with zero attached hydrogens (tertiary/aromatic N) is 1. The second-order valence-electron chi connectivity index (χ2n) is 5.40. The van der Waals surface area contributed by atoms with Gasteiger partial charge in [0.15, 0.2) is 0 Å². The van der Waals surface area contributed by atoms with Gasteiger partial charge in [0, 0.05) is 18.9 Å². The Labute approximate surface area is 103 Å². The van der Waals surface area contributed by atoms with Crippen molar-refractivity contribution in [1.82, 2.24) is 10.3 Å².